The van der Waals surface area contributed by atoms with Gasteiger partial charge in [-0.2, -0.15) is 5.26 Å². The third-order valence-corrected chi connectivity index (χ3v) is 5.71. The second kappa shape index (κ2) is 6.52. The lowest BCUT2D eigenvalue weighted by atomic mass is 9.59. The van der Waals surface area contributed by atoms with Crippen molar-refractivity contribution in [1.82, 2.24) is 0 Å². The van der Waals surface area contributed by atoms with E-state index in [1.165, 1.54) is 12.1 Å². The first kappa shape index (κ1) is 16.9. The molecular weight excluding hydrogens is 309 g/mol. The monoisotopic (exact) mass is 331 g/mol. The Balaban J connectivity index is 2.06. The first-order valence-corrected chi connectivity index (χ1v) is 8.54. The topological polar surface area (TPSA) is 70.3 Å². The van der Waals surface area contributed by atoms with E-state index in [1.54, 1.807) is 12.1 Å². The molecule has 3 rings (SSSR count). The molecule has 128 valence electrons. The highest BCUT2D eigenvalue weighted by atomic mass is 19.1. The van der Waals surface area contributed by atoms with Crippen molar-refractivity contribution in [2.45, 2.75) is 56.0 Å². The van der Waals surface area contributed by atoms with Crippen molar-refractivity contribution in [2.75, 3.05) is 6.61 Å². The highest BCUT2D eigenvalue weighted by Gasteiger charge is 2.53. The van der Waals surface area contributed by atoms with Crippen molar-refractivity contribution in [2.24, 2.45) is 5.92 Å². The fraction of sp³-hybridized carbons (Fsp3) is 0.579. The van der Waals surface area contributed by atoms with Gasteiger partial charge in [-0.3, -0.25) is 4.79 Å². The fourth-order valence-corrected chi connectivity index (χ4v) is 4.54. The second-order valence-electron chi connectivity index (χ2n) is 7.08. The number of hydrogen-bond donors (Lipinski definition) is 1. The van der Waals surface area contributed by atoms with E-state index in [4.69, 9.17) is 4.74 Å². The molecule has 1 saturated carbocycles. The molecule has 1 aliphatic heterocycles. The lowest BCUT2D eigenvalue weighted by Gasteiger charge is -2.50. The molecule has 1 aromatic rings. The van der Waals surface area contributed by atoms with Crippen LogP contribution in [0.15, 0.2) is 24.3 Å². The van der Waals surface area contributed by atoms with E-state index in [0.29, 0.717) is 19.4 Å². The van der Waals surface area contributed by atoms with E-state index in [-0.39, 0.29) is 11.4 Å². The number of carboxylic acid groups (broad SMARTS) is 1. The highest BCUT2D eigenvalue weighted by molar-refractivity contribution is 5.75. The summed E-state index contributed by atoms with van der Waals surface area (Å²) in [5.74, 6) is -2.64. The first-order valence-electron chi connectivity index (χ1n) is 8.54. The van der Waals surface area contributed by atoms with Crippen LogP contribution in [0.1, 0.15) is 50.5 Å². The number of carbonyl (C=O) groups is 1. The third kappa shape index (κ3) is 2.91. The van der Waals surface area contributed by atoms with Crippen LogP contribution in [0.2, 0.25) is 0 Å². The van der Waals surface area contributed by atoms with Crippen LogP contribution in [-0.4, -0.2) is 23.3 Å². The molecule has 0 radical (unpaired) electrons. The van der Waals surface area contributed by atoms with Gasteiger partial charge >= 0.3 is 5.97 Å². The van der Waals surface area contributed by atoms with Gasteiger partial charge in [0.2, 0.25) is 0 Å². The lowest BCUT2D eigenvalue weighted by molar-refractivity contribution is -0.154. The maximum Gasteiger partial charge on any atom is 0.321 e. The molecule has 2 fully saturated rings. The van der Waals surface area contributed by atoms with E-state index in [0.717, 1.165) is 37.7 Å². The van der Waals surface area contributed by atoms with E-state index < -0.39 is 17.3 Å². The van der Waals surface area contributed by atoms with Crippen LogP contribution in [-0.2, 0) is 14.9 Å². The minimum Gasteiger partial charge on any atom is -0.480 e. The summed E-state index contributed by atoms with van der Waals surface area (Å²) in [4.78, 5) is 11.8. The van der Waals surface area contributed by atoms with Crippen molar-refractivity contribution in [1.29, 1.82) is 5.26 Å². The van der Waals surface area contributed by atoms with E-state index in [2.05, 4.69) is 0 Å². The van der Waals surface area contributed by atoms with Crippen LogP contribution in [0.5, 0.6) is 0 Å². The summed E-state index contributed by atoms with van der Waals surface area (Å²) in [5, 5.41) is 19.2. The molecule has 0 aromatic heterocycles. The van der Waals surface area contributed by atoms with Gasteiger partial charge in [-0.15, -0.1) is 0 Å². The Bertz CT molecular complexity index is 640. The summed E-state index contributed by atoms with van der Waals surface area (Å²) in [6.07, 6.45) is 6.05. The molecule has 2 aliphatic rings. The first-order chi connectivity index (χ1) is 11.5. The maximum atomic E-state index is 13.4. The van der Waals surface area contributed by atoms with Gasteiger partial charge in [-0.05, 0) is 43.4 Å². The van der Waals surface area contributed by atoms with Gasteiger partial charge in [-0.25, -0.2) is 4.39 Å². The number of benzene rings is 1. The molecule has 1 aliphatic carbocycles. The minimum absolute atomic E-state index is 0.352. The van der Waals surface area contributed by atoms with Crippen LogP contribution < -0.4 is 0 Å². The molecule has 1 heterocycles. The summed E-state index contributed by atoms with van der Waals surface area (Å²) in [7, 11) is 0. The Kier molecular flexibility index (Phi) is 4.60. The molecule has 2 atom stereocenters. The Morgan fingerprint density at radius 2 is 1.88 bits per heavy atom. The smallest absolute Gasteiger partial charge is 0.321 e. The highest BCUT2D eigenvalue weighted by Crippen LogP contribution is 2.51. The number of aliphatic carboxylic acids is 1. The molecule has 4 nitrogen and oxygen atoms in total. The average Bonchev–Trinajstić information content (AvgIpc) is 2.56. The number of halogens is 1. The zero-order valence-electron chi connectivity index (χ0n) is 13.6. The number of nitrogens with zero attached hydrogens (tertiary/aromatic N) is 1. The van der Waals surface area contributed by atoms with Crippen molar-refractivity contribution in [3.8, 4) is 6.07 Å². The molecule has 5 heteroatoms. The van der Waals surface area contributed by atoms with Gasteiger partial charge in [0.25, 0.3) is 0 Å². The van der Waals surface area contributed by atoms with Gasteiger partial charge in [0.15, 0.2) is 5.92 Å². The SMILES string of the molecule is N#CC(C(=O)O)C1(c2ccc(F)cc2)CCOC2(CCCCC2)C1. The van der Waals surface area contributed by atoms with Crippen LogP contribution in [0.3, 0.4) is 0 Å². The molecule has 1 saturated heterocycles. The summed E-state index contributed by atoms with van der Waals surface area (Å²) >= 11 is 0. The molecule has 24 heavy (non-hydrogen) atoms. The zero-order valence-corrected chi connectivity index (χ0v) is 13.6. The maximum absolute atomic E-state index is 13.4. The van der Waals surface area contributed by atoms with Crippen LogP contribution in [0, 0.1) is 23.1 Å². The summed E-state index contributed by atoms with van der Waals surface area (Å²) < 4.78 is 19.5. The molecular formula is C19H22FNO3. The molecule has 0 amide bonds. The number of nitriles is 1. The van der Waals surface area contributed by atoms with Gasteiger partial charge in [0, 0.05) is 12.0 Å². The molecule has 0 bridgehead atoms. The van der Waals surface area contributed by atoms with Gasteiger partial charge < -0.3 is 9.84 Å². The number of carboxylic acids is 1. The normalized spacial score (nSPS) is 27.3. The predicted molar refractivity (Wildman–Crippen MR) is 85.8 cm³/mol. The van der Waals surface area contributed by atoms with Crippen molar-refractivity contribution in [3.63, 3.8) is 0 Å². The molecule has 1 spiro atoms. The third-order valence-electron chi connectivity index (χ3n) is 5.71. The fourth-order valence-electron chi connectivity index (χ4n) is 4.54. The quantitative estimate of drug-likeness (QED) is 0.914. The van der Waals surface area contributed by atoms with Crippen molar-refractivity contribution >= 4 is 5.97 Å². The van der Waals surface area contributed by atoms with Crippen molar-refractivity contribution in [3.05, 3.63) is 35.6 Å². The van der Waals surface area contributed by atoms with Crippen LogP contribution >= 0.6 is 0 Å². The van der Waals surface area contributed by atoms with E-state index in [9.17, 15) is 19.6 Å². The summed E-state index contributed by atoms with van der Waals surface area (Å²) in [5.41, 5.74) is -0.453. The Morgan fingerprint density at radius 1 is 1.21 bits per heavy atom. The Hall–Kier alpha value is -1.93. The standard InChI is InChI=1S/C19H22FNO3/c20-15-6-4-14(5-7-15)19(16(12-21)17(22)23)10-11-24-18(13-19)8-2-1-3-9-18/h4-7,16H,1-3,8-11,13H2,(H,22,23). The van der Waals surface area contributed by atoms with Gasteiger partial charge in [0.05, 0.1) is 11.7 Å². The van der Waals surface area contributed by atoms with Gasteiger partial charge in [-0.1, -0.05) is 31.4 Å². The molecule has 2 unspecified atom stereocenters. The van der Waals surface area contributed by atoms with Crippen LogP contribution in [0.4, 0.5) is 4.39 Å². The van der Waals surface area contributed by atoms with Crippen LogP contribution in [0.25, 0.3) is 0 Å². The molecule has 1 N–H and O–H groups in total. The largest absolute Gasteiger partial charge is 0.480 e. The predicted octanol–water partition coefficient (Wildman–Crippen LogP) is 3.80. The number of ether oxygens (including phenoxy) is 1. The Morgan fingerprint density at radius 3 is 2.46 bits per heavy atom. The van der Waals surface area contributed by atoms with Gasteiger partial charge in [0.1, 0.15) is 5.82 Å². The average molecular weight is 331 g/mol. The lowest BCUT2D eigenvalue weighted by Crippen LogP contribution is -2.53. The number of hydrogen-bond acceptors (Lipinski definition) is 3. The number of rotatable bonds is 3. The van der Waals surface area contributed by atoms with E-state index >= 15 is 0 Å². The van der Waals surface area contributed by atoms with Crippen molar-refractivity contribution < 1.29 is 19.0 Å². The second-order valence-corrected chi connectivity index (χ2v) is 7.08. The van der Waals surface area contributed by atoms with E-state index in [1.807, 2.05) is 6.07 Å². The molecule has 1 aromatic carbocycles. The Labute approximate surface area is 141 Å². The summed E-state index contributed by atoms with van der Waals surface area (Å²) in [6, 6.07) is 7.94. The summed E-state index contributed by atoms with van der Waals surface area (Å²) in [6.45, 7) is 0.433. The minimum atomic E-state index is -1.16. The zero-order chi connectivity index (χ0) is 17.2.